The maximum Gasteiger partial charge on any atom is 0.222 e. The van der Waals surface area contributed by atoms with Crippen molar-refractivity contribution in [3.8, 4) is 11.6 Å². The number of nitrogens with zero attached hydrogens (tertiary/aromatic N) is 2. The van der Waals surface area contributed by atoms with E-state index in [9.17, 15) is 4.39 Å². The Morgan fingerprint density at radius 3 is 2.81 bits per heavy atom. The molecule has 1 aromatic carbocycles. The van der Waals surface area contributed by atoms with Gasteiger partial charge in [-0.15, -0.1) is 0 Å². The monoisotopic (exact) mass is 219 g/mol. The Bertz CT molecular complexity index is 496. The summed E-state index contributed by atoms with van der Waals surface area (Å²) in [5, 5.41) is 0. The van der Waals surface area contributed by atoms with Crippen molar-refractivity contribution in [1.29, 1.82) is 0 Å². The van der Waals surface area contributed by atoms with Crippen molar-refractivity contribution in [2.45, 2.75) is 6.92 Å². The normalized spacial score (nSPS) is 10.1. The van der Waals surface area contributed by atoms with E-state index < -0.39 is 5.82 Å². The SMILES string of the molecule is Cc1cc(Oc2c(N)cccc2F)ncn1. The molecule has 0 saturated heterocycles. The van der Waals surface area contributed by atoms with Crippen LogP contribution in [0, 0.1) is 12.7 Å². The zero-order chi connectivity index (χ0) is 11.5. The third-order valence-corrected chi connectivity index (χ3v) is 1.98. The minimum absolute atomic E-state index is 0.0133. The first-order valence-electron chi connectivity index (χ1n) is 4.67. The molecule has 4 nitrogen and oxygen atoms in total. The van der Waals surface area contributed by atoms with E-state index >= 15 is 0 Å². The first-order valence-corrected chi connectivity index (χ1v) is 4.67. The van der Waals surface area contributed by atoms with Gasteiger partial charge in [0.25, 0.3) is 0 Å². The number of anilines is 1. The van der Waals surface area contributed by atoms with E-state index in [2.05, 4.69) is 9.97 Å². The van der Waals surface area contributed by atoms with Gasteiger partial charge in [0.2, 0.25) is 5.88 Å². The first-order chi connectivity index (χ1) is 7.66. The quantitative estimate of drug-likeness (QED) is 0.787. The molecule has 2 rings (SSSR count). The van der Waals surface area contributed by atoms with Crippen LogP contribution in [0.2, 0.25) is 0 Å². The van der Waals surface area contributed by atoms with Gasteiger partial charge in [-0.1, -0.05) is 6.07 Å². The second-order valence-electron chi connectivity index (χ2n) is 3.26. The van der Waals surface area contributed by atoms with E-state index in [1.807, 2.05) is 0 Å². The third kappa shape index (κ3) is 2.08. The van der Waals surface area contributed by atoms with Crippen molar-refractivity contribution >= 4 is 5.69 Å². The van der Waals surface area contributed by atoms with Gasteiger partial charge in [-0.3, -0.25) is 0 Å². The van der Waals surface area contributed by atoms with Crippen molar-refractivity contribution in [2.75, 3.05) is 5.73 Å². The molecule has 1 aromatic heterocycles. The van der Waals surface area contributed by atoms with Gasteiger partial charge < -0.3 is 10.5 Å². The second kappa shape index (κ2) is 4.14. The van der Waals surface area contributed by atoms with Gasteiger partial charge >= 0.3 is 0 Å². The molecule has 2 N–H and O–H groups in total. The molecule has 0 aliphatic rings. The summed E-state index contributed by atoms with van der Waals surface area (Å²) in [6.45, 7) is 1.79. The molecular formula is C11H10FN3O. The lowest BCUT2D eigenvalue weighted by Crippen LogP contribution is -1.97. The van der Waals surface area contributed by atoms with E-state index in [0.717, 1.165) is 5.69 Å². The summed E-state index contributed by atoms with van der Waals surface area (Å²) in [7, 11) is 0. The maximum atomic E-state index is 13.4. The Hall–Kier alpha value is -2.17. The lowest BCUT2D eigenvalue weighted by molar-refractivity contribution is 0.428. The Labute approximate surface area is 91.9 Å². The minimum Gasteiger partial charge on any atom is -0.434 e. The summed E-state index contributed by atoms with van der Waals surface area (Å²) in [5.74, 6) is -0.263. The highest BCUT2D eigenvalue weighted by Gasteiger charge is 2.09. The minimum atomic E-state index is -0.517. The molecule has 0 fully saturated rings. The number of hydrogen-bond donors (Lipinski definition) is 1. The fourth-order valence-electron chi connectivity index (χ4n) is 1.22. The number of para-hydroxylation sites is 1. The predicted molar refractivity (Wildman–Crippen MR) is 57.7 cm³/mol. The predicted octanol–water partition coefficient (Wildman–Crippen LogP) is 2.30. The van der Waals surface area contributed by atoms with Crippen LogP contribution in [0.25, 0.3) is 0 Å². The summed E-state index contributed by atoms with van der Waals surface area (Å²) in [4.78, 5) is 7.77. The summed E-state index contributed by atoms with van der Waals surface area (Å²) in [6.07, 6.45) is 1.35. The zero-order valence-electron chi connectivity index (χ0n) is 8.64. The van der Waals surface area contributed by atoms with Crippen molar-refractivity contribution in [3.05, 3.63) is 42.1 Å². The number of rotatable bonds is 2. The average Bonchev–Trinajstić information content (AvgIpc) is 2.24. The Balaban J connectivity index is 2.34. The molecule has 0 spiro atoms. The van der Waals surface area contributed by atoms with E-state index in [-0.39, 0.29) is 17.3 Å². The molecular weight excluding hydrogens is 209 g/mol. The summed E-state index contributed by atoms with van der Waals surface area (Å²) in [5.41, 5.74) is 6.57. The van der Waals surface area contributed by atoms with Crippen LogP contribution in [0.15, 0.2) is 30.6 Å². The Morgan fingerprint density at radius 1 is 1.31 bits per heavy atom. The van der Waals surface area contributed by atoms with E-state index in [1.54, 1.807) is 19.1 Å². The molecule has 82 valence electrons. The van der Waals surface area contributed by atoms with Gasteiger partial charge in [0.1, 0.15) is 6.33 Å². The number of aryl methyl sites for hydroxylation is 1. The van der Waals surface area contributed by atoms with Crippen LogP contribution in [-0.4, -0.2) is 9.97 Å². The summed E-state index contributed by atoms with van der Waals surface area (Å²) in [6, 6.07) is 5.96. The number of ether oxygens (including phenoxy) is 1. The van der Waals surface area contributed by atoms with Gasteiger partial charge in [0.05, 0.1) is 5.69 Å². The molecule has 0 radical (unpaired) electrons. The van der Waals surface area contributed by atoms with E-state index in [4.69, 9.17) is 10.5 Å². The Kier molecular flexibility index (Phi) is 2.68. The number of benzene rings is 1. The fourth-order valence-corrected chi connectivity index (χ4v) is 1.22. The van der Waals surface area contributed by atoms with E-state index in [0.29, 0.717) is 0 Å². The van der Waals surface area contributed by atoms with Crippen LogP contribution in [-0.2, 0) is 0 Å². The van der Waals surface area contributed by atoms with Gasteiger partial charge in [0, 0.05) is 11.8 Å². The van der Waals surface area contributed by atoms with Crippen LogP contribution in [0.3, 0.4) is 0 Å². The van der Waals surface area contributed by atoms with Crippen molar-refractivity contribution < 1.29 is 9.13 Å². The van der Waals surface area contributed by atoms with Gasteiger partial charge in [-0.25, -0.2) is 14.4 Å². The topological polar surface area (TPSA) is 61.0 Å². The number of aromatic nitrogens is 2. The number of nitrogen functional groups attached to an aromatic ring is 1. The molecule has 0 amide bonds. The van der Waals surface area contributed by atoms with Gasteiger partial charge in [-0.2, -0.15) is 0 Å². The molecule has 0 saturated carbocycles. The van der Waals surface area contributed by atoms with Crippen molar-refractivity contribution in [3.63, 3.8) is 0 Å². The second-order valence-corrected chi connectivity index (χ2v) is 3.26. The smallest absolute Gasteiger partial charge is 0.222 e. The van der Waals surface area contributed by atoms with Gasteiger partial charge in [-0.05, 0) is 19.1 Å². The van der Waals surface area contributed by atoms with Crippen molar-refractivity contribution in [1.82, 2.24) is 9.97 Å². The highest BCUT2D eigenvalue weighted by Crippen LogP contribution is 2.28. The number of hydrogen-bond acceptors (Lipinski definition) is 4. The molecule has 0 bridgehead atoms. The fraction of sp³-hybridized carbons (Fsp3) is 0.0909. The third-order valence-electron chi connectivity index (χ3n) is 1.98. The molecule has 0 aliphatic carbocycles. The van der Waals surface area contributed by atoms with Crippen LogP contribution in [0.4, 0.5) is 10.1 Å². The Morgan fingerprint density at radius 2 is 2.12 bits per heavy atom. The summed E-state index contributed by atoms with van der Waals surface area (Å²) < 4.78 is 18.7. The first kappa shape index (κ1) is 10.4. The molecule has 0 unspecified atom stereocenters. The highest BCUT2D eigenvalue weighted by molar-refractivity contribution is 5.53. The van der Waals surface area contributed by atoms with Crippen LogP contribution >= 0.6 is 0 Å². The van der Waals surface area contributed by atoms with Crippen LogP contribution in [0.5, 0.6) is 11.6 Å². The lowest BCUT2D eigenvalue weighted by atomic mass is 10.3. The molecule has 1 heterocycles. The standard InChI is InChI=1S/C11H10FN3O/c1-7-5-10(15-6-14-7)16-11-8(12)3-2-4-9(11)13/h2-6H,13H2,1H3. The maximum absolute atomic E-state index is 13.4. The zero-order valence-corrected chi connectivity index (χ0v) is 8.64. The molecule has 0 aliphatic heterocycles. The number of halogens is 1. The van der Waals surface area contributed by atoms with Gasteiger partial charge in [0.15, 0.2) is 11.6 Å². The van der Waals surface area contributed by atoms with Crippen LogP contribution < -0.4 is 10.5 Å². The molecule has 2 aromatic rings. The summed E-state index contributed by atoms with van der Waals surface area (Å²) >= 11 is 0. The van der Waals surface area contributed by atoms with E-state index in [1.165, 1.54) is 18.5 Å². The highest BCUT2D eigenvalue weighted by atomic mass is 19.1. The number of nitrogens with two attached hydrogens (primary N) is 1. The van der Waals surface area contributed by atoms with Crippen LogP contribution in [0.1, 0.15) is 5.69 Å². The van der Waals surface area contributed by atoms with Crippen molar-refractivity contribution in [2.24, 2.45) is 0 Å². The lowest BCUT2D eigenvalue weighted by Gasteiger charge is -2.08. The average molecular weight is 219 g/mol. The molecule has 16 heavy (non-hydrogen) atoms. The molecule has 0 atom stereocenters. The largest absolute Gasteiger partial charge is 0.434 e. The molecule has 5 heteroatoms.